The molecule has 1 aromatic rings. The van der Waals surface area contributed by atoms with Crippen LogP contribution in [0.2, 0.25) is 0 Å². The second-order valence-corrected chi connectivity index (χ2v) is 5.96. The van der Waals surface area contributed by atoms with Gasteiger partial charge in [-0.2, -0.15) is 0 Å². The van der Waals surface area contributed by atoms with Crippen molar-refractivity contribution in [3.63, 3.8) is 0 Å². The fourth-order valence-corrected chi connectivity index (χ4v) is 2.64. The minimum Gasteiger partial charge on any atom is -0.341 e. The minimum absolute atomic E-state index is 0.258. The quantitative estimate of drug-likeness (QED) is 0.897. The second-order valence-electron chi connectivity index (χ2n) is 5.96. The number of likely N-dealkylation sites (tertiary alicyclic amines) is 1. The highest BCUT2D eigenvalue weighted by molar-refractivity contribution is 5.76. The fraction of sp³-hybridized carbons (Fsp3) is 0.688. The summed E-state index contributed by atoms with van der Waals surface area (Å²) in [7, 11) is 0. The van der Waals surface area contributed by atoms with Gasteiger partial charge < -0.3 is 14.8 Å². The van der Waals surface area contributed by atoms with E-state index in [0.717, 1.165) is 32.5 Å². The molecule has 1 aromatic heterocycles. The zero-order valence-corrected chi connectivity index (χ0v) is 12.8. The van der Waals surface area contributed by atoms with Crippen molar-refractivity contribution in [1.29, 1.82) is 0 Å². The Balaban J connectivity index is 1.91. The molecule has 1 fully saturated rings. The van der Waals surface area contributed by atoms with E-state index in [1.165, 1.54) is 18.5 Å². The number of carbonyl (C=O) groups is 1. The molecule has 1 amide bonds. The lowest BCUT2D eigenvalue weighted by Crippen LogP contribution is -2.35. The van der Waals surface area contributed by atoms with Gasteiger partial charge in [0.1, 0.15) is 6.54 Å². The maximum atomic E-state index is 12.4. The number of aromatic nitrogens is 1. The Bertz CT molecular complexity index is 417. The molecule has 4 heteroatoms. The molecule has 1 N–H and O–H groups in total. The van der Waals surface area contributed by atoms with Crippen molar-refractivity contribution in [2.75, 3.05) is 13.1 Å². The summed E-state index contributed by atoms with van der Waals surface area (Å²) < 4.78 is 2.07. The Labute approximate surface area is 122 Å². The molecule has 2 heterocycles. The lowest BCUT2D eigenvalue weighted by Gasteiger charge is -2.21. The first-order valence-electron chi connectivity index (χ1n) is 7.82. The molecule has 1 saturated heterocycles. The van der Waals surface area contributed by atoms with Crippen molar-refractivity contribution in [2.45, 2.75) is 58.7 Å². The van der Waals surface area contributed by atoms with Gasteiger partial charge in [-0.1, -0.05) is 26.7 Å². The molecule has 1 aliphatic rings. The third-order valence-corrected chi connectivity index (χ3v) is 3.88. The summed E-state index contributed by atoms with van der Waals surface area (Å²) in [5, 5.41) is 3.41. The third-order valence-electron chi connectivity index (χ3n) is 3.88. The zero-order valence-electron chi connectivity index (χ0n) is 12.8. The molecule has 0 atom stereocenters. The number of hydrogen-bond acceptors (Lipinski definition) is 2. The van der Waals surface area contributed by atoms with E-state index in [0.29, 0.717) is 12.6 Å². The number of amides is 1. The third kappa shape index (κ3) is 4.37. The Kier molecular flexibility index (Phi) is 5.65. The summed E-state index contributed by atoms with van der Waals surface area (Å²) in [4.78, 5) is 14.4. The van der Waals surface area contributed by atoms with Crippen molar-refractivity contribution in [2.24, 2.45) is 0 Å². The summed E-state index contributed by atoms with van der Waals surface area (Å²) in [6.45, 7) is 7.42. The molecule has 0 aliphatic carbocycles. The van der Waals surface area contributed by atoms with Gasteiger partial charge in [0.25, 0.3) is 0 Å². The first-order chi connectivity index (χ1) is 9.66. The van der Waals surface area contributed by atoms with Gasteiger partial charge in [-0.25, -0.2) is 0 Å². The van der Waals surface area contributed by atoms with E-state index < -0.39 is 0 Å². The molecular formula is C16H27N3O. The number of hydrogen-bond donors (Lipinski definition) is 1. The van der Waals surface area contributed by atoms with Crippen LogP contribution in [-0.4, -0.2) is 34.5 Å². The van der Waals surface area contributed by atoms with Gasteiger partial charge in [-0.3, -0.25) is 4.79 Å². The van der Waals surface area contributed by atoms with Crippen LogP contribution in [-0.2, 0) is 17.9 Å². The molecule has 0 saturated carbocycles. The van der Waals surface area contributed by atoms with Crippen molar-refractivity contribution in [1.82, 2.24) is 14.8 Å². The van der Waals surface area contributed by atoms with E-state index >= 15 is 0 Å². The van der Waals surface area contributed by atoms with Gasteiger partial charge in [0.2, 0.25) is 5.91 Å². The number of nitrogens with one attached hydrogen (secondary N) is 1. The first kappa shape index (κ1) is 15.1. The van der Waals surface area contributed by atoms with Crippen molar-refractivity contribution < 1.29 is 4.79 Å². The van der Waals surface area contributed by atoms with Crippen LogP contribution < -0.4 is 5.32 Å². The molecule has 20 heavy (non-hydrogen) atoms. The first-order valence-corrected chi connectivity index (χ1v) is 7.82. The SMILES string of the molecule is CC(C)NCc1cccn1CC(=O)N1CCCCCC1. The molecule has 0 aromatic carbocycles. The maximum absolute atomic E-state index is 12.4. The average molecular weight is 277 g/mol. The standard InChI is InChI=1S/C16H27N3O/c1-14(2)17-12-15-8-7-11-19(15)13-16(20)18-9-5-3-4-6-10-18/h7-8,11,14,17H,3-6,9-10,12-13H2,1-2H3. The normalized spacial score (nSPS) is 16.4. The van der Waals surface area contributed by atoms with E-state index in [-0.39, 0.29) is 5.91 Å². The van der Waals surface area contributed by atoms with Gasteiger partial charge in [0.05, 0.1) is 0 Å². The molecule has 0 spiro atoms. The highest BCUT2D eigenvalue weighted by Crippen LogP contribution is 2.11. The monoisotopic (exact) mass is 277 g/mol. The van der Waals surface area contributed by atoms with Crippen molar-refractivity contribution in [3.8, 4) is 0 Å². The molecule has 4 nitrogen and oxygen atoms in total. The molecular weight excluding hydrogens is 250 g/mol. The number of rotatable bonds is 5. The largest absolute Gasteiger partial charge is 0.341 e. The van der Waals surface area contributed by atoms with E-state index in [9.17, 15) is 4.79 Å². The van der Waals surface area contributed by atoms with Crippen LogP contribution in [0.15, 0.2) is 18.3 Å². The highest BCUT2D eigenvalue weighted by Gasteiger charge is 2.16. The fourth-order valence-electron chi connectivity index (χ4n) is 2.64. The minimum atomic E-state index is 0.258. The zero-order chi connectivity index (χ0) is 14.4. The predicted molar refractivity (Wildman–Crippen MR) is 81.5 cm³/mol. The number of nitrogens with zero attached hydrogens (tertiary/aromatic N) is 2. The Morgan fingerprint density at radius 1 is 1.25 bits per heavy atom. The summed E-state index contributed by atoms with van der Waals surface area (Å²) in [6.07, 6.45) is 6.83. The predicted octanol–water partition coefficient (Wildman–Crippen LogP) is 2.39. The van der Waals surface area contributed by atoms with Gasteiger partial charge >= 0.3 is 0 Å². The van der Waals surface area contributed by atoms with Gasteiger partial charge in [-0.05, 0) is 25.0 Å². The Hall–Kier alpha value is -1.29. The smallest absolute Gasteiger partial charge is 0.242 e. The summed E-state index contributed by atoms with van der Waals surface area (Å²) >= 11 is 0. The molecule has 0 bridgehead atoms. The topological polar surface area (TPSA) is 37.3 Å². The average Bonchev–Trinajstić information content (AvgIpc) is 2.68. The molecule has 2 rings (SSSR count). The summed E-state index contributed by atoms with van der Waals surface area (Å²) in [5.74, 6) is 0.258. The number of carbonyl (C=O) groups excluding carboxylic acids is 1. The van der Waals surface area contributed by atoms with Gasteiger partial charge in [-0.15, -0.1) is 0 Å². The Morgan fingerprint density at radius 3 is 2.60 bits per heavy atom. The lowest BCUT2D eigenvalue weighted by atomic mass is 10.2. The molecule has 112 valence electrons. The molecule has 0 unspecified atom stereocenters. The van der Waals surface area contributed by atoms with Crippen LogP contribution in [0.25, 0.3) is 0 Å². The van der Waals surface area contributed by atoms with E-state index in [2.05, 4.69) is 29.8 Å². The van der Waals surface area contributed by atoms with E-state index in [1.54, 1.807) is 0 Å². The van der Waals surface area contributed by atoms with Crippen LogP contribution in [0.1, 0.15) is 45.2 Å². The van der Waals surface area contributed by atoms with Crippen LogP contribution in [0, 0.1) is 0 Å². The van der Waals surface area contributed by atoms with Crippen LogP contribution in [0.4, 0.5) is 0 Å². The van der Waals surface area contributed by atoms with Gasteiger partial charge in [0.15, 0.2) is 0 Å². The van der Waals surface area contributed by atoms with Crippen LogP contribution in [0.3, 0.4) is 0 Å². The summed E-state index contributed by atoms with van der Waals surface area (Å²) in [6, 6.07) is 4.57. The van der Waals surface area contributed by atoms with E-state index in [1.807, 2.05) is 17.2 Å². The highest BCUT2D eigenvalue weighted by atomic mass is 16.2. The molecule has 0 radical (unpaired) electrons. The van der Waals surface area contributed by atoms with Gasteiger partial charge in [0, 0.05) is 37.6 Å². The van der Waals surface area contributed by atoms with Crippen LogP contribution >= 0.6 is 0 Å². The van der Waals surface area contributed by atoms with E-state index in [4.69, 9.17) is 0 Å². The lowest BCUT2D eigenvalue weighted by molar-refractivity contribution is -0.131. The Morgan fingerprint density at radius 2 is 1.95 bits per heavy atom. The van der Waals surface area contributed by atoms with Crippen LogP contribution in [0.5, 0.6) is 0 Å². The van der Waals surface area contributed by atoms with Crippen molar-refractivity contribution in [3.05, 3.63) is 24.0 Å². The summed E-state index contributed by atoms with van der Waals surface area (Å²) in [5.41, 5.74) is 1.18. The maximum Gasteiger partial charge on any atom is 0.242 e. The molecule has 1 aliphatic heterocycles. The second kappa shape index (κ2) is 7.48. The van der Waals surface area contributed by atoms with Crippen molar-refractivity contribution >= 4 is 5.91 Å².